The standard InChI is InChI=1S/C14H20N2O4/c1-19-12-6-10(11(15)7-13(12)20-2)14(18)16-5-3-4-9(17)8-16/h6-7,9,17H,3-5,8,15H2,1-2H3/t9-/m0/s1. The third-order valence-corrected chi connectivity index (χ3v) is 3.47. The second-order valence-corrected chi connectivity index (χ2v) is 4.84. The van der Waals surface area contributed by atoms with Crippen LogP contribution in [-0.4, -0.2) is 49.3 Å². The monoisotopic (exact) mass is 280 g/mol. The third-order valence-electron chi connectivity index (χ3n) is 3.47. The van der Waals surface area contributed by atoms with Crippen LogP contribution in [0.3, 0.4) is 0 Å². The minimum atomic E-state index is -0.464. The fourth-order valence-electron chi connectivity index (χ4n) is 2.39. The summed E-state index contributed by atoms with van der Waals surface area (Å²) in [5.41, 5.74) is 6.63. The van der Waals surface area contributed by atoms with Gasteiger partial charge in [-0.2, -0.15) is 0 Å². The number of aliphatic hydroxyl groups is 1. The van der Waals surface area contributed by atoms with Gasteiger partial charge in [-0.1, -0.05) is 0 Å². The lowest BCUT2D eigenvalue weighted by Crippen LogP contribution is -2.42. The topological polar surface area (TPSA) is 85.0 Å². The van der Waals surface area contributed by atoms with E-state index in [4.69, 9.17) is 15.2 Å². The number of methoxy groups -OCH3 is 2. The first kappa shape index (κ1) is 14.5. The van der Waals surface area contributed by atoms with Gasteiger partial charge in [0.05, 0.1) is 25.9 Å². The first-order valence-electron chi connectivity index (χ1n) is 6.55. The van der Waals surface area contributed by atoms with Gasteiger partial charge in [0, 0.05) is 24.8 Å². The molecule has 3 N–H and O–H groups in total. The molecule has 0 unspecified atom stereocenters. The Morgan fingerprint density at radius 1 is 1.35 bits per heavy atom. The van der Waals surface area contributed by atoms with E-state index in [1.807, 2.05) is 0 Å². The lowest BCUT2D eigenvalue weighted by Gasteiger charge is -2.30. The van der Waals surface area contributed by atoms with Gasteiger partial charge in [0.2, 0.25) is 0 Å². The summed E-state index contributed by atoms with van der Waals surface area (Å²) in [6, 6.07) is 3.16. The van der Waals surface area contributed by atoms with E-state index in [2.05, 4.69) is 0 Å². The van der Waals surface area contributed by atoms with Crippen LogP contribution >= 0.6 is 0 Å². The molecule has 20 heavy (non-hydrogen) atoms. The second-order valence-electron chi connectivity index (χ2n) is 4.84. The molecule has 0 spiro atoms. The Bertz CT molecular complexity index is 504. The van der Waals surface area contributed by atoms with Crippen molar-refractivity contribution < 1.29 is 19.4 Å². The molecule has 0 saturated carbocycles. The number of nitrogens with two attached hydrogens (primary N) is 1. The molecule has 6 heteroatoms. The summed E-state index contributed by atoms with van der Waals surface area (Å²) in [5.74, 6) is 0.755. The number of nitrogen functional groups attached to an aromatic ring is 1. The van der Waals surface area contributed by atoms with Gasteiger partial charge in [-0.3, -0.25) is 4.79 Å². The molecule has 6 nitrogen and oxygen atoms in total. The molecule has 0 bridgehead atoms. The van der Waals surface area contributed by atoms with E-state index in [1.54, 1.807) is 17.0 Å². The summed E-state index contributed by atoms with van der Waals surface area (Å²) >= 11 is 0. The number of hydrogen-bond acceptors (Lipinski definition) is 5. The average molecular weight is 280 g/mol. The molecule has 0 aliphatic carbocycles. The number of piperidine rings is 1. The zero-order valence-electron chi connectivity index (χ0n) is 11.8. The number of carbonyl (C=O) groups is 1. The highest BCUT2D eigenvalue weighted by molar-refractivity contribution is 6.00. The van der Waals surface area contributed by atoms with Crippen LogP contribution in [0.2, 0.25) is 0 Å². The highest BCUT2D eigenvalue weighted by atomic mass is 16.5. The molecule has 0 radical (unpaired) electrons. The van der Waals surface area contributed by atoms with Crippen molar-refractivity contribution in [2.24, 2.45) is 0 Å². The lowest BCUT2D eigenvalue weighted by atomic mass is 10.1. The van der Waals surface area contributed by atoms with Gasteiger partial charge in [0.25, 0.3) is 5.91 Å². The molecule has 0 aromatic heterocycles. The Hall–Kier alpha value is -1.95. The van der Waals surface area contributed by atoms with Crippen LogP contribution in [0.5, 0.6) is 11.5 Å². The van der Waals surface area contributed by atoms with Crippen LogP contribution in [0.15, 0.2) is 12.1 Å². The number of hydrogen-bond donors (Lipinski definition) is 2. The summed E-state index contributed by atoms with van der Waals surface area (Å²) in [7, 11) is 3.02. The van der Waals surface area contributed by atoms with E-state index in [9.17, 15) is 9.90 Å². The summed E-state index contributed by atoms with van der Waals surface area (Å²) in [5, 5.41) is 9.66. The fourth-order valence-corrected chi connectivity index (χ4v) is 2.39. The molecule has 1 heterocycles. The van der Waals surface area contributed by atoms with Crippen LogP contribution in [0, 0.1) is 0 Å². The number of β-amino-alcohol motifs (C(OH)–C–C–N with tert-alkyl or cyclic N) is 1. The Morgan fingerprint density at radius 3 is 2.60 bits per heavy atom. The molecule has 1 fully saturated rings. The third kappa shape index (κ3) is 2.80. The maximum atomic E-state index is 12.5. The summed E-state index contributed by atoms with van der Waals surface area (Å²) < 4.78 is 10.3. The van der Waals surface area contributed by atoms with E-state index in [1.165, 1.54) is 14.2 Å². The van der Waals surface area contributed by atoms with Gasteiger partial charge < -0.3 is 25.2 Å². The molecule has 2 rings (SSSR count). The van der Waals surface area contributed by atoms with Gasteiger partial charge in [0.15, 0.2) is 11.5 Å². The van der Waals surface area contributed by atoms with Crippen molar-refractivity contribution in [3.63, 3.8) is 0 Å². The maximum Gasteiger partial charge on any atom is 0.256 e. The summed E-state index contributed by atoms with van der Waals surface area (Å²) in [6.45, 7) is 0.969. The number of anilines is 1. The van der Waals surface area contributed by atoms with Crippen LogP contribution in [0.1, 0.15) is 23.2 Å². The van der Waals surface area contributed by atoms with Crippen molar-refractivity contribution >= 4 is 11.6 Å². The predicted octanol–water partition coefficient (Wildman–Crippen LogP) is 0.883. The normalized spacial score (nSPS) is 18.8. The van der Waals surface area contributed by atoms with E-state index in [0.29, 0.717) is 35.8 Å². The quantitative estimate of drug-likeness (QED) is 0.803. The van der Waals surface area contributed by atoms with Crippen molar-refractivity contribution in [2.45, 2.75) is 18.9 Å². The Morgan fingerprint density at radius 2 is 2.00 bits per heavy atom. The van der Waals surface area contributed by atoms with E-state index in [0.717, 1.165) is 12.8 Å². The van der Waals surface area contributed by atoms with Gasteiger partial charge >= 0.3 is 0 Å². The number of carbonyl (C=O) groups excluding carboxylic acids is 1. The Labute approximate surface area is 118 Å². The molecule has 1 aliphatic heterocycles. The molecular weight excluding hydrogens is 260 g/mol. The minimum Gasteiger partial charge on any atom is -0.493 e. The molecule has 1 aliphatic rings. The van der Waals surface area contributed by atoms with Gasteiger partial charge in [-0.25, -0.2) is 0 Å². The summed E-state index contributed by atoms with van der Waals surface area (Å²) in [4.78, 5) is 14.1. The van der Waals surface area contributed by atoms with Crippen molar-refractivity contribution in [3.05, 3.63) is 17.7 Å². The molecule has 1 aromatic carbocycles. The molecule has 1 atom stereocenters. The lowest BCUT2D eigenvalue weighted by molar-refractivity contribution is 0.0474. The SMILES string of the molecule is COc1cc(N)c(C(=O)N2CCC[C@H](O)C2)cc1OC. The molecule has 1 amide bonds. The van der Waals surface area contributed by atoms with Crippen LogP contribution in [0.25, 0.3) is 0 Å². The van der Waals surface area contributed by atoms with Crippen molar-refractivity contribution in [2.75, 3.05) is 33.0 Å². The number of likely N-dealkylation sites (tertiary alicyclic amines) is 1. The number of ether oxygens (including phenoxy) is 2. The van der Waals surface area contributed by atoms with Crippen molar-refractivity contribution in [1.82, 2.24) is 4.90 Å². The smallest absolute Gasteiger partial charge is 0.256 e. The first-order chi connectivity index (χ1) is 9.56. The predicted molar refractivity (Wildman–Crippen MR) is 75.1 cm³/mol. The number of nitrogens with zero attached hydrogens (tertiary/aromatic N) is 1. The van der Waals surface area contributed by atoms with Crippen molar-refractivity contribution in [1.29, 1.82) is 0 Å². The molecule has 1 aromatic rings. The highest BCUT2D eigenvalue weighted by Crippen LogP contribution is 2.32. The number of benzene rings is 1. The Balaban J connectivity index is 2.29. The zero-order valence-corrected chi connectivity index (χ0v) is 11.8. The second kappa shape index (κ2) is 6.00. The molecule has 1 saturated heterocycles. The van der Waals surface area contributed by atoms with Gasteiger partial charge in [0.1, 0.15) is 0 Å². The largest absolute Gasteiger partial charge is 0.493 e. The maximum absolute atomic E-state index is 12.5. The Kier molecular flexibility index (Phi) is 4.34. The van der Waals surface area contributed by atoms with E-state index < -0.39 is 6.10 Å². The molecule has 110 valence electrons. The van der Waals surface area contributed by atoms with E-state index in [-0.39, 0.29) is 5.91 Å². The average Bonchev–Trinajstić information content (AvgIpc) is 2.46. The fraction of sp³-hybridized carbons (Fsp3) is 0.500. The number of amides is 1. The van der Waals surface area contributed by atoms with Crippen LogP contribution in [0.4, 0.5) is 5.69 Å². The highest BCUT2D eigenvalue weighted by Gasteiger charge is 2.25. The summed E-state index contributed by atoms with van der Waals surface area (Å²) in [6.07, 6.45) is 1.06. The molecular formula is C14H20N2O4. The number of rotatable bonds is 3. The van der Waals surface area contributed by atoms with E-state index >= 15 is 0 Å². The number of aliphatic hydroxyl groups excluding tert-OH is 1. The first-order valence-corrected chi connectivity index (χ1v) is 6.55. The van der Waals surface area contributed by atoms with Crippen LogP contribution in [-0.2, 0) is 0 Å². The van der Waals surface area contributed by atoms with Gasteiger partial charge in [-0.15, -0.1) is 0 Å². The minimum absolute atomic E-state index is 0.192. The van der Waals surface area contributed by atoms with Gasteiger partial charge in [-0.05, 0) is 18.9 Å². The zero-order chi connectivity index (χ0) is 14.7. The van der Waals surface area contributed by atoms with Crippen molar-refractivity contribution in [3.8, 4) is 11.5 Å². The van der Waals surface area contributed by atoms with Crippen LogP contribution < -0.4 is 15.2 Å².